The van der Waals surface area contributed by atoms with Crippen LogP contribution in [0.2, 0.25) is 0 Å². The Bertz CT molecular complexity index is 952. The van der Waals surface area contributed by atoms with Gasteiger partial charge in [-0.3, -0.25) is 4.68 Å². The summed E-state index contributed by atoms with van der Waals surface area (Å²) in [5.41, 5.74) is 9.05. The minimum atomic E-state index is 0.338. The van der Waals surface area contributed by atoms with Gasteiger partial charge in [-0.05, 0) is 17.7 Å². The Morgan fingerprint density at radius 2 is 1.89 bits per heavy atom. The topological polar surface area (TPSA) is 86.7 Å². The Morgan fingerprint density at radius 3 is 2.75 bits per heavy atom. The molecule has 0 atom stereocenters. The van der Waals surface area contributed by atoms with E-state index in [0.29, 0.717) is 25.7 Å². The van der Waals surface area contributed by atoms with Crippen LogP contribution in [-0.2, 0) is 13.1 Å². The van der Waals surface area contributed by atoms with E-state index >= 15 is 0 Å². The summed E-state index contributed by atoms with van der Waals surface area (Å²) in [7, 11) is 0. The number of aromatic nitrogens is 2. The van der Waals surface area contributed by atoms with Gasteiger partial charge in [0.15, 0.2) is 17.5 Å². The van der Waals surface area contributed by atoms with E-state index in [1.165, 1.54) is 5.56 Å². The first kappa shape index (κ1) is 17.9. The lowest BCUT2D eigenvalue weighted by Crippen LogP contribution is -2.22. The Morgan fingerprint density at radius 1 is 1.07 bits per heavy atom. The van der Waals surface area contributed by atoms with Gasteiger partial charge in [-0.15, -0.1) is 0 Å². The molecule has 1 aliphatic rings. The maximum Gasteiger partial charge on any atom is 0.193 e. The molecule has 4 rings (SSSR count). The second-order valence-corrected chi connectivity index (χ2v) is 6.57. The molecule has 144 valence electrons. The number of guanidine groups is 1. The highest BCUT2D eigenvalue weighted by atomic mass is 16.5. The average molecular weight is 377 g/mol. The van der Waals surface area contributed by atoms with Crippen molar-refractivity contribution in [2.75, 3.05) is 18.5 Å². The van der Waals surface area contributed by atoms with Crippen molar-refractivity contribution in [2.24, 2.45) is 10.7 Å². The number of anilines is 1. The molecule has 7 heteroatoms. The molecule has 0 fully saturated rings. The molecule has 0 unspecified atom stereocenters. The first-order chi connectivity index (χ1) is 13.8. The van der Waals surface area contributed by atoms with Gasteiger partial charge in [0.25, 0.3) is 0 Å². The van der Waals surface area contributed by atoms with Crippen molar-refractivity contribution in [3.8, 4) is 11.5 Å². The standard InChI is InChI=1S/C21H23N5O2/c22-21(25-18-7-8-19-20(11-18)28-10-4-9-27-19)23-12-17-13-24-26(15-17)14-16-5-2-1-3-6-16/h1-3,5-8,11,13,15H,4,9-10,12,14H2,(H3,22,23,25). The fourth-order valence-corrected chi connectivity index (χ4v) is 2.95. The zero-order chi connectivity index (χ0) is 19.2. The monoisotopic (exact) mass is 377 g/mol. The molecule has 0 bridgehead atoms. The Labute approximate surface area is 163 Å². The summed E-state index contributed by atoms with van der Waals surface area (Å²) in [5, 5.41) is 7.48. The number of aliphatic imine (C=N–C) groups is 1. The van der Waals surface area contributed by atoms with E-state index in [-0.39, 0.29) is 0 Å². The van der Waals surface area contributed by atoms with Crippen LogP contribution in [0.3, 0.4) is 0 Å². The van der Waals surface area contributed by atoms with E-state index in [0.717, 1.165) is 35.7 Å². The maximum absolute atomic E-state index is 6.03. The molecule has 7 nitrogen and oxygen atoms in total. The van der Waals surface area contributed by atoms with Gasteiger partial charge >= 0.3 is 0 Å². The molecule has 1 aromatic heterocycles. The summed E-state index contributed by atoms with van der Waals surface area (Å²) < 4.78 is 13.2. The van der Waals surface area contributed by atoms with E-state index in [2.05, 4.69) is 27.5 Å². The first-order valence-electron chi connectivity index (χ1n) is 9.28. The lowest BCUT2D eigenvalue weighted by atomic mass is 10.2. The number of fused-ring (bicyclic) bond motifs is 1. The average Bonchev–Trinajstić information content (AvgIpc) is 3.02. The molecule has 0 amide bonds. The smallest absolute Gasteiger partial charge is 0.193 e. The van der Waals surface area contributed by atoms with Gasteiger partial charge in [0.2, 0.25) is 0 Å². The van der Waals surface area contributed by atoms with E-state index in [1.54, 1.807) is 0 Å². The van der Waals surface area contributed by atoms with Gasteiger partial charge in [-0.25, -0.2) is 4.99 Å². The lowest BCUT2D eigenvalue weighted by Gasteiger charge is -2.10. The van der Waals surface area contributed by atoms with Gasteiger partial charge < -0.3 is 20.5 Å². The minimum Gasteiger partial charge on any atom is -0.490 e. The molecular weight excluding hydrogens is 354 g/mol. The third-order valence-corrected chi connectivity index (χ3v) is 4.33. The summed E-state index contributed by atoms with van der Waals surface area (Å²) in [4.78, 5) is 4.40. The van der Waals surface area contributed by atoms with Crippen LogP contribution in [-0.4, -0.2) is 29.0 Å². The molecule has 0 saturated carbocycles. The molecule has 0 spiro atoms. The summed E-state index contributed by atoms with van der Waals surface area (Å²) >= 11 is 0. The fraction of sp³-hybridized carbons (Fsp3) is 0.238. The molecule has 3 N–H and O–H groups in total. The zero-order valence-corrected chi connectivity index (χ0v) is 15.5. The first-order valence-corrected chi connectivity index (χ1v) is 9.28. The normalized spacial score (nSPS) is 13.8. The molecule has 2 heterocycles. The van der Waals surface area contributed by atoms with Crippen molar-refractivity contribution >= 4 is 11.6 Å². The van der Waals surface area contributed by atoms with E-state index in [1.807, 2.05) is 53.5 Å². The van der Waals surface area contributed by atoms with Gasteiger partial charge in [0.05, 0.1) is 32.5 Å². The van der Waals surface area contributed by atoms with E-state index in [4.69, 9.17) is 15.2 Å². The van der Waals surface area contributed by atoms with Crippen LogP contribution in [0.15, 0.2) is 65.9 Å². The third-order valence-electron chi connectivity index (χ3n) is 4.33. The van der Waals surface area contributed by atoms with Crippen molar-refractivity contribution in [3.63, 3.8) is 0 Å². The third kappa shape index (κ3) is 4.62. The molecule has 0 radical (unpaired) electrons. The van der Waals surface area contributed by atoms with Crippen molar-refractivity contribution in [1.82, 2.24) is 9.78 Å². The van der Waals surface area contributed by atoms with Crippen LogP contribution in [0, 0.1) is 0 Å². The summed E-state index contributed by atoms with van der Waals surface area (Å²) in [6, 6.07) is 15.9. The SMILES string of the molecule is NC(=NCc1cnn(Cc2ccccc2)c1)Nc1ccc2c(c1)OCCCO2. The van der Waals surface area contributed by atoms with Crippen LogP contribution >= 0.6 is 0 Å². The zero-order valence-electron chi connectivity index (χ0n) is 15.5. The summed E-state index contributed by atoms with van der Waals surface area (Å²) in [6.45, 7) is 2.50. The van der Waals surface area contributed by atoms with Crippen molar-refractivity contribution in [2.45, 2.75) is 19.5 Å². The lowest BCUT2D eigenvalue weighted by molar-refractivity contribution is 0.297. The number of rotatable bonds is 5. The number of ether oxygens (including phenoxy) is 2. The van der Waals surface area contributed by atoms with Crippen molar-refractivity contribution < 1.29 is 9.47 Å². The van der Waals surface area contributed by atoms with Crippen LogP contribution < -0.4 is 20.5 Å². The van der Waals surface area contributed by atoms with Crippen LogP contribution in [0.25, 0.3) is 0 Å². The number of nitrogens with two attached hydrogens (primary N) is 1. The van der Waals surface area contributed by atoms with Crippen molar-refractivity contribution in [3.05, 3.63) is 72.1 Å². The molecule has 3 aromatic rings. The number of nitrogens with zero attached hydrogens (tertiary/aromatic N) is 3. The van der Waals surface area contributed by atoms with Gasteiger partial charge in [-0.1, -0.05) is 30.3 Å². The van der Waals surface area contributed by atoms with Crippen LogP contribution in [0.1, 0.15) is 17.5 Å². The highest BCUT2D eigenvalue weighted by Crippen LogP contribution is 2.32. The quantitative estimate of drug-likeness (QED) is 0.527. The number of hydrogen-bond donors (Lipinski definition) is 2. The molecule has 28 heavy (non-hydrogen) atoms. The van der Waals surface area contributed by atoms with Crippen molar-refractivity contribution in [1.29, 1.82) is 0 Å². The van der Waals surface area contributed by atoms with Gasteiger partial charge in [0.1, 0.15) is 0 Å². The molecule has 0 saturated heterocycles. The van der Waals surface area contributed by atoms with E-state index < -0.39 is 0 Å². The van der Waals surface area contributed by atoms with Crippen LogP contribution in [0.4, 0.5) is 5.69 Å². The molecule has 2 aromatic carbocycles. The van der Waals surface area contributed by atoms with Gasteiger partial charge in [-0.2, -0.15) is 5.10 Å². The largest absolute Gasteiger partial charge is 0.490 e. The van der Waals surface area contributed by atoms with Gasteiger partial charge in [0, 0.05) is 29.9 Å². The highest BCUT2D eigenvalue weighted by molar-refractivity contribution is 5.92. The Hall–Kier alpha value is -3.48. The maximum atomic E-state index is 6.03. The van der Waals surface area contributed by atoms with E-state index in [9.17, 15) is 0 Å². The second-order valence-electron chi connectivity index (χ2n) is 6.57. The Kier molecular flexibility index (Phi) is 5.42. The minimum absolute atomic E-state index is 0.338. The number of hydrogen-bond acceptors (Lipinski definition) is 4. The number of benzene rings is 2. The van der Waals surface area contributed by atoms with Crippen LogP contribution in [0.5, 0.6) is 11.5 Å². The number of nitrogens with one attached hydrogen (secondary N) is 1. The fourth-order valence-electron chi connectivity index (χ4n) is 2.95. The summed E-state index contributed by atoms with van der Waals surface area (Å²) in [6.07, 6.45) is 4.67. The highest BCUT2D eigenvalue weighted by Gasteiger charge is 2.11. The molecule has 1 aliphatic heterocycles. The predicted octanol–water partition coefficient (Wildman–Crippen LogP) is 3.02. The summed E-state index contributed by atoms with van der Waals surface area (Å²) in [5.74, 6) is 1.81. The Balaban J connectivity index is 1.35. The molecule has 0 aliphatic carbocycles. The predicted molar refractivity (Wildman–Crippen MR) is 109 cm³/mol. The second kappa shape index (κ2) is 8.47. The molecular formula is C21H23N5O2.